The molecule has 2 rings (SSSR count). The van der Waals surface area contributed by atoms with Gasteiger partial charge in [0, 0.05) is 11.6 Å². The Morgan fingerprint density at radius 1 is 1.00 bits per heavy atom. The van der Waals surface area contributed by atoms with Crippen molar-refractivity contribution >= 4 is 11.6 Å². The maximum atomic E-state index is 5.96. The molecule has 0 fully saturated rings. The lowest BCUT2D eigenvalue weighted by molar-refractivity contribution is 0.326. The number of nitrogens with zero attached hydrogens (tertiary/aromatic N) is 2. The minimum Gasteiger partial charge on any atom is -0.494 e. The third-order valence-corrected chi connectivity index (χ3v) is 2.58. The van der Waals surface area contributed by atoms with Crippen molar-refractivity contribution in [2.45, 2.75) is 13.8 Å². The van der Waals surface area contributed by atoms with Gasteiger partial charge in [0.15, 0.2) is 5.82 Å². The Morgan fingerprint density at radius 2 is 1.68 bits per heavy atom. The zero-order valence-corrected chi connectivity index (χ0v) is 11.6. The van der Waals surface area contributed by atoms with Gasteiger partial charge in [-0.1, -0.05) is 11.6 Å². The summed E-state index contributed by atoms with van der Waals surface area (Å²) in [5, 5.41) is 0.363. The van der Waals surface area contributed by atoms with Gasteiger partial charge >= 0.3 is 0 Å². The summed E-state index contributed by atoms with van der Waals surface area (Å²) < 4.78 is 10.7. The molecule has 5 heteroatoms. The Bertz CT molecular complexity index is 544. The van der Waals surface area contributed by atoms with Gasteiger partial charge in [-0.05, 0) is 38.1 Å². The smallest absolute Gasteiger partial charge is 0.218 e. The standard InChI is InChI=1S/C14H15ClN2O2/c1-3-18-11-7-5-10(6-8-11)14-16-12(15)9-13(17-14)19-4-2/h5-9H,3-4H2,1-2H3. The van der Waals surface area contributed by atoms with Gasteiger partial charge in [-0.25, -0.2) is 4.98 Å². The van der Waals surface area contributed by atoms with Crippen LogP contribution in [0, 0.1) is 0 Å². The fourth-order valence-corrected chi connectivity index (χ4v) is 1.79. The molecule has 19 heavy (non-hydrogen) atoms. The van der Waals surface area contributed by atoms with Gasteiger partial charge in [0.2, 0.25) is 5.88 Å². The molecule has 1 aromatic heterocycles. The first-order valence-corrected chi connectivity index (χ1v) is 6.51. The molecule has 0 amide bonds. The van der Waals surface area contributed by atoms with Crippen LogP contribution in [0.4, 0.5) is 0 Å². The highest BCUT2D eigenvalue weighted by molar-refractivity contribution is 6.29. The summed E-state index contributed by atoms with van der Waals surface area (Å²) in [5.41, 5.74) is 0.868. The molecule has 0 spiro atoms. The van der Waals surface area contributed by atoms with E-state index in [1.54, 1.807) is 6.07 Å². The minimum atomic E-state index is 0.363. The van der Waals surface area contributed by atoms with E-state index in [-0.39, 0.29) is 0 Å². The summed E-state index contributed by atoms with van der Waals surface area (Å²) >= 11 is 5.96. The van der Waals surface area contributed by atoms with Gasteiger partial charge in [-0.3, -0.25) is 0 Å². The predicted molar refractivity (Wildman–Crippen MR) is 74.8 cm³/mol. The van der Waals surface area contributed by atoms with Crippen LogP contribution in [0.25, 0.3) is 11.4 Å². The van der Waals surface area contributed by atoms with E-state index in [1.165, 1.54) is 0 Å². The number of benzene rings is 1. The van der Waals surface area contributed by atoms with Gasteiger partial charge < -0.3 is 9.47 Å². The number of aromatic nitrogens is 2. The van der Waals surface area contributed by atoms with Crippen molar-refractivity contribution in [1.82, 2.24) is 9.97 Å². The van der Waals surface area contributed by atoms with E-state index in [4.69, 9.17) is 21.1 Å². The first kappa shape index (κ1) is 13.6. The molecule has 0 aliphatic heterocycles. The zero-order valence-electron chi connectivity index (χ0n) is 10.9. The molecule has 4 nitrogen and oxygen atoms in total. The van der Waals surface area contributed by atoms with Crippen LogP contribution in [-0.2, 0) is 0 Å². The van der Waals surface area contributed by atoms with Crippen molar-refractivity contribution in [1.29, 1.82) is 0 Å². The van der Waals surface area contributed by atoms with Gasteiger partial charge in [0.05, 0.1) is 13.2 Å². The highest BCUT2D eigenvalue weighted by atomic mass is 35.5. The van der Waals surface area contributed by atoms with Crippen molar-refractivity contribution < 1.29 is 9.47 Å². The maximum Gasteiger partial charge on any atom is 0.218 e. The lowest BCUT2D eigenvalue weighted by Gasteiger charge is -2.07. The van der Waals surface area contributed by atoms with Crippen LogP contribution in [0.1, 0.15) is 13.8 Å². The van der Waals surface area contributed by atoms with E-state index in [0.29, 0.717) is 30.1 Å². The number of halogens is 1. The Balaban J connectivity index is 2.29. The summed E-state index contributed by atoms with van der Waals surface area (Å²) in [7, 11) is 0. The van der Waals surface area contributed by atoms with Gasteiger partial charge in [-0.15, -0.1) is 0 Å². The molecular formula is C14H15ClN2O2. The fraction of sp³-hybridized carbons (Fsp3) is 0.286. The topological polar surface area (TPSA) is 44.2 Å². The monoisotopic (exact) mass is 278 g/mol. The third-order valence-electron chi connectivity index (χ3n) is 2.39. The van der Waals surface area contributed by atoms with E-state index >= 15 is 0 Å². The highest BCUT2D eigenvalue weighted by Crippen LogP contribution is 2.23. The fourth-order valence-electron chi connectivity index (χ4n) is 1.61. The van der Waals surface area contributed by atoms with Crippen molar-refractivity contribution in [2.24, 2.45) is 0 Å². The molecule has 0 bridgehead atoms. The maximum absolute atomic E-state index is 5.96. The zero-order chi connectivity index (χ0) is 13.7. The van der Waals surface area contributed by atoms with Crippen LogP contribution in [0.3, 0.4) is 0 Å². The quantitative estimate of drug-likeness (QED) is 0.784. The predicted octanol–water partition coefficient (Wildman–Crippen LogP) is 3.59. The average Bonchev–Trinajstić information content (AvgIpc) is 2.40. The van der Waals surface area contributed by atoms with Crippen molar-refractivity contribution in [3.63, 3.8) is 0 Å². The highest BCUT2D eigenvalue weighted by Gasteiger charge is 2.06. The largest absolute Gasteiger partial charge is 0.494 e. The lowest BCUT2D eigenvalue weighted by Crippen LogP contribution is -1.98. The Morgan fingerprint density at radius 3 is 2.32 bits per heavy atom. The molecule has 100 valence electrons. The Hall–Kier alpha value is -1.81. The molecule has 0 N–H and O–H groups in total. The Labute approximate surface area is 117 Å². The second-order valence-corrected chi connectivity index (χ2v) is 4.13. The van der Waals surface area contributed by atoms with Crippen molar-refractivity contribution in [3.05, 3.63) is 35.5 Å². The van der Waals surface area contributed by atoms with Gasteiger partial charge in [0.1, 0.15) is 10.9 Å². The van der Waals surface area contributed by atoms with E-state index in [0.717, 1.165) is 11.3 Å². The summed E-state index contributed by atoms with van der Waals surface area (Å²) in [5.74, 6) is 1.84. The molecule has 0 radical (unpaired) electrons. The third kappa shape index (κ3) is 3.58. The number of hydrogen-bond acceptors (Lipinski definition) is 4. The van der Waals surface area contributed by atoms with Crippen LogP contribution < -0.4 is 9.47 Å². The van der Waals surface area contributed by atoms with E-state index in [2.05, 4.69) is 9.97 Å². The lowest BCUT2D eigenvalue weighted by atomic mass is 10.2. The molecule has 0 saturated heterocycles. The molecule has 0 saturated carbocycles. The first-order valence-electron chi connectivity index (χ1n) is 6.13. The molecule has 0 aliphatic rings. The number of hydrogen-bond donors (Lipinski definition) is 0. The van der Waals surface area contributed by atoms with Crippen LogP contribution in [0.5, 0.6) is 11.6 Å². The molecule has 1 heterocycles. The normalized spacial score (nSPS) is 10.3. The summed E-state index contributed by atoms with van der Waals surface area (Å²) in [6.07, 6.45) is 0. The van der Waals surface area contributed by atoms with Gasteiger partial charge in [-0.2, -0.15) is 4.98 Å². The Kier molecular flexibility index (Phi) is 4.58. The molecule has 1 aromatic carbocycles. The van der Waals surface area contributed by atoms with Crippen LogP contribution in [0.15, 0.2) is 30.3 Å². The van der Waals surface area contributed by atoms with E-state index in [1.807, 2.05) is 38.1 Å². The van der Waals surface area contributed by atoms with Crippen molar-refractivity contribution in [2.75, 3.05) is 13.2 Å². The number of ether oxygens (including phenoxy) is 2. The van der Waals surface area contributed by atoms with E-state index < -0.39 is 0 Å². The van der Waals surface area contributed by atoms with Gasteiger partial charge in [0.25, 0.3) is 0 Å². The summed E-state index contributed by atoms with van der Waals surface area (Å²) in [6.45, 7) is 5.02. The molecule has 0 aliphatic carbocycles. The van der Waals surface area contributed by atoms with Crippen LogP contribution in [-0.4, -0.2) is 23.2 Å². The molecule has 0 atom stereocenters. The number of rotatable bonds is 5. The summed E-state index contributed by atoms with van der Waals surface area (Å²) in [4.78, 5) is 8.51. The first-order chi connectivity index (χ1) is 9.22. The average molecular weight is 279 g/mol. The van der Waals surface area contributed by atoms with Crippen LogP contribution in [0.2, 0.25) is 5.15 Å². The second-order valence-electron chi connectivity index (χ2n) is 3.74. The second kappa shape index (κ2) is 6.38. The van der Waals surface area contributed by atoms with Crippen molar-refractivity contribution in [3.8, 4) is 23.0 Å². The van der Waals surface area contributed by atoms with Crippen LogP contribution >= 0.6 is 11.6 Å². The molecule has 0 unspecified atom stereocenters. The van der Waals surface area contributed by atoms with E-state index in [9.17, 15) is 0 Å². The summed E-state index contributed by atoms with van der Waals surface area (Å²) in [6, 6.07) is 9.15. The minimum absolute atomic E-state index is 0.363. The SMILES string of the molecule is CCOc1ccc(-c2nc(Cl)cc(OCC)n2)cc1. The molecular weight excluding hydrogens is 264 g/mol. The molecule has 2 aromatic rings.